The van der Waals surface area contributed by atoms with Crippen molar-refractivity contribution in [2.24, 2.45) is 5.73 Å². The van der Waals surface area contributed by atoms with Gasteiger partial charge in [-0.15, -0.1) is 10.2 Å². The van der Waals surface area contributed by atoms with Gasteiger partial charge in [-0.25, -0.2) is 0 Å². The van der Waals surface area contributed by atoms with E-state index in [0.717, 1.165) is 22.2 Å². The van der Waals surface area contributed by atoms with E-state index < -0.39 is 0 Å². The van der Waals surface area contributed by atoms with Crippen LogP contribution in [0.2, 0.25) is 0 Å². The number of rotatable bonds is 2. The van der Waals surface area contributed by atoms with Gasteiger partial charge < -0.3 is 5.73 Å². The molecule has 3 rings (SSSR count). The predicted molar refractivity (Wildman–Crippen MR) is 80.6 cm³/mol. The summed E-state index contributed by atoms with van der Waals surface area (Å²) in [5, 5.41) is 9.71. The molecule has 1 aliphatic rings. The highest BCUT2D eigenvalue weighted by Gasteiger charge is 2.26. The highest BCUT2D eigenvalue weighted by atomic mass is 32.2. The van der Waals surface area contributed by atoms with E-state index in [-0.39, 0.29) is 6.04 Å². The average Bonchev–Trinajstić information content (AvgIpc) is 2.75. The van der Waals surface area contributed by atoms with Crippen molar-refractivity contribution in [1.82, 2.24) is 10.2 Å². The zero-order valence-corrected chi connectivity index (χ0v) is 12.5. The molecule has 19 heavy (non-hydrogen) atoms. The van der Waals surface area contributed by atoms with Crippen LogP contribution in [-0.2, 0) is 6.42 Å². The minimum atomic E-state index is 0.0907. The fraction of sp³-hybridized carbons (Fsp3) is 0.429. The molecule has 1 aromatic heterocycles. The number of thioether (sulfide) groups is 1. The lowest BCUT2D eigenvalue weighted by Gasteiger charge is -2.21. The van der Waals surface area contributed by atoms with Crippen LogP contribution in [0.4, 0.5) is 0 Å². The molecule has 0 bridgehead atoms. The highest BCUT2D eigenvalue weighted by molar-refractivity contribution is 8.01. The molecule has 2 N–H and O–H groups in total. The summed E-state index contributed by atoms with van der Waals surface area (Å²) in [6.45, 7) is 1.99. The van der Waals surface area contributed by atoms with Gasteiger partial charge in [0, 0.05) is 11.3 Å². The summed E-state index contributed by atoms with van der Waals surface area (Å²) in [7, 11) is 0. The number of benzene rings is 1. The number of hydrogen-bond donors (Lipinski definition) is 1. The Hall–Kier alpha value is -0.910. The van der Waals surface area contributed by atoms with Gasteiger partial charge in [0.1, 0.15) is 5.01 Å². The van der Waals surface area contributed by atoms with Gasteiger partial charge in [0.15, 0.2) is 4.34 Å². The molecule has 0 amide bonds. The molecule has 1 aromatic carbocycles. The zero-order valence-electron chi connectivity index (χ0n) is 10.9. The first-order valence-corrected chi connectivity index (χ1v) is 8.24. The molecule has 2 aromatic rings. The van der Waals surface area contributed by atoms with Gasteiger partial charge in [-0.05, 0) is 37.3 Å². The zero-order chi connectivity index (χ0) is 13.2. The van der Waals surface area contributed by atoms with Crippen LogP contribution in [0, 0.1) is 6.92 Å². The smallest absolute Gasteiger partial charge is 0.174 e. The normalized spacial score (nSPS) is 22.8. The molecule has 0 spiro atoms. The SMILES string of the molecule is Cc1nnc(SC2CCCc3ccccc3C2N)s1. The lowest BCUT2D eigenvalue weighted by Crippen LogP contribution is -2.23. The van der Waals surface area contributed by atoms with Crippen molar-refractivity contribution in [3.63, 3.8) is 0 Å². The molecule has 1 aliphatic carbocycles. The van der Waals surface area contributed by atoms with Crippen LogP contribution in [-0.4, -0.2) is 15.4 Å². The maximum atomic E-state index is 6.48. The van der Waals surface area contributed by atoms with Crippen LogP contribution in [0.5, 0.6) is 0 Å². The summed E-state index contributed by atoms with van der Waals surface area (Å²) in [6, 6.07) is 8.66. The topological polar surface area (TPSA) is 51.8 Å². The largest absolute Gasteiger partial charge is 0.323 e. The second-order valence-corrected chi connectivity index (χ2v) is 7.53. The number of aromatic nitrogens is 2. The Balaban J connectivity index is 1.83. The Morgan fingerprint density at radius 2 is 2.16 bits per heavy atom. The van der Waals surface area contributed by atoms with Crippen LogP contribution in [0.1, 0.15) is 35.0 Å². The number of nitrogens with zero attached hydrogens (tertiary/aromatic N) is 2. The third-order valence-corrected chi connectivity index (χ3v) is 5.80. The number of aryl methyl sites for hydroxylation is 2. The van der Waals surface area contributed by atoms with Gasteiger partial charge in [0.2, 0.25) is 0 Å². The van der Waals surface area contributed by atoms with E-state index >= 15 is 0 Å². The van der Waals surface area contributed by atoms with Crippen LogP contribution in [0.15, 0.2) is 28.6 Å². The van der Waals surface area contributed by atoms with Crippen molar-refractivity contribution in [3.05, 3.63) is 40.4 Å². The van der Waals surface area contributed by atoms with E-state index in [2.05, 4.69) is 34.5 Å². The average molecular weight is 291 g/mol. The van der Waals surface area contributed by atoms with E-state index in [0.29, 0.717) is 5.25 Å². The summed E-state index contributed by atoms with van der Waals surface area (Å²) in [5.74, 6) is 0. The monoisotopic (exact) mass is 291 g/mol. The molecule has 2 unspecified atom stereocenters. The maximum Gasteiger partial charge on any atom is 0.174 e. The third-order valence-electron chi connectivity index (χ3n) is 3.51. The number of nitrogens with two attached hydrogens (primary N) is 1. The first-order valence-electron chi connectivity index (χ1n) is 6.54. The van der Waals surface area contributed by atoms with Crippen molar-refractivity contribution < 1.29 is 0 Å². The van der Waals surface area contributed by atoms with Crippen molar-refractivity contribution in [2.75, 3.05) is 0 Å². The second kappa shape index (κ2) is 5.61. The van der Waals surface area contributed by atoms with Gasteiger partial charge in [-0.2, -0.15) is 0 Å². The predicted octanol–water partition coefficient (Wildman–Crippen LogP) is 3.34. The Morgan fingerprint density at radius 3 is 2.95 bits per heavy atom. The number of fused-ring (bicyclic) bond motifs is 1. The van der Waals surface area contributed by atoms with Gasteiger partial charge in [0.05, 0.1) is 0 Å². The van der Waals surface area contributed by atoms with Crippen molar-refractivity contribution >= 4 is 23.1 Å². The fourth-order valence-electron chi connectivity index (χ4n) is 2.55. The lowest BCUT2D eigenvalue weighted by molar-refractivity contribution is 0.632. The molecule has 3 nitrogen and oxygen atoms in total. The molecular weight excluding hydrogens is 274 g/mol. The first-order chi connectivity index (χ1) is 9.24. The molecule has 100 valence electrons. The summed E-state index contributed by atoms with van der Waals surface area (Å²) in [6.07, 6.45) is 3.47. The Labute approximate surface area is 121 Å². The van der Waals surface area contributed by atoms with E-state index in [1.165, 1.54) is 17.5 Å². The van der Waals surface area contributed by atoms with Crippen LogP contribution < -0.4 is 5.73 Å². The molecule has 1 heterocycles. The lowest BCUT2D eigenvalue weighted by atomic mass is 10.00. The Kier molecular flexibility index (Phi) is 3.86. The molecule has 0 fully saturated rings. The van der Waals surface area contributed by atoms with E-state index in [1.807, 2.05) is 6.92 Å². The Morgan fingerprint density at radius 1 is 1.32 bits per heavy atom. The fourth-order valence-corrected chi connectivity index (χ4v) is 4.81. The number of hydrogen-bond acceptors (Lipinski definition) is 5. The molecule has 0 radical (unpaired) electrons. The van der Waals surface area contributed by atoms with Gasteiger partial charge in [-0.3, -0.25) is 0 Å². The van der Waals surface area contributed by atoms with E-state index in [4.69, 9.17) is 5.73 Å². The van der Waals surface area contributed by atoms with Gasteiger partial charge in [0.25, 0.3) is 0 Å². The van der Waals surface area contributed by atoms with Crippen molar-refractivity contribution in [2.45, 2.75) is 41.8 Å². The highest BCUT2D eigenvalue weighted by Crippen LogP contribution is 2.38. The third kappa shape index (κ3) is 2.83. The maximum absolute atomic E-state index is 6.48. The summed E-state index contributed by atoms with van der Waals surface area (Å²) >= 11 is 3.45. The van der Waals surface area contributed by atoms with Crippen LogP contribution in [0.25, 0.3) is 0 Å². The van der Waals surface area contributed by atoms with Crippen molar-refractivity contribution in [1.29, 1.82) is 0 Å². The molecule has 2 atom stereocenters. The quantitative estimate of drug-likeness (QED) is 0.862. The standard InChI is InChI=1S/C14H17N3S2/c1-9-16-17-14(18-9)19-12-8-4-6-10-5-2-3-7-11(10)13(12)15/h2-3,5,7,12-13H,4,6,8,15H2,1H3. The van der Waals surface area contributed by atoms with E-state index in [1.54, 1.807) is 23.1 Å². The first kappa shape index (κ1) is 13.1. The van der Waals surface area contributed by atoms with Crippen molar-refractivity contribution in [3.8, 4) is 0 Å². The van der Waals surface area contributed by atoms with E-state index in [9.17, 15) is 0 Å². The Bertz CT molecular complexity index is 567. The molecule has 5 heteroatoms. The molecule has 0 saturated carbocycles. The minimum Gasteiger partial charge on any atom is -0.323 e. The summed E-state index contributed by atoms with van der Waals surface area (Å²) < 4.78 is 1.04. The second-order valence-electron chi connectivity index (χ2n) is 4.86. The molecular formula is C14H17N3S2. The van der Waals surface area contributed by atoms with Gasteiger partial charge >= 0.3 is 0 Å². The molecule has 0 aliphatic heterocycles. The molecule has 0 saturated heterocycles. The van der Waals surface area contributed by atoms with Crippen LogP contribution in [0.3, 0.4) is 0 Å². The minimum absolute atomic E-state index is 0.0907. The van der Waals surface area contributed by atoms with Crippen LogP contribution >= 0.6 is 23.1 Å². The summed E-state index contributed by atoms with van der Waals surface area (Å²) in [5.41, 5.74) is 9.19. The summed E-state index contributed by atoms with van der Waals surface area (Å²) in [4.78, 5) is 0. The van der Waals surface area contributed by atoms with Gasteiger partial charge in [-0.1, -0.05) is 47.4 Å².